The molecule has 148 valence electrons. The molecule has 2 rings (SSSR count). The highest BCUT2D eigenvalue weighted by Crippen LogP contribution is 2.25. The van der Waals surface area contributed by atoms with Crippen LogP contribution in [0.15, 0.2) is 73.1 Å². The van der Waals surface area contributed by atoms with Crippen LogP contribution in [0, 0.1) is 0 Å². The number of hydrogen-bond acceptors (Lipinski definition) is 6. The molecule has 0 radical (unpaired) electrons. The Morgan fingerprint density at radius 2 is 2.04 bits per heavy atom. The highest BCUT2D eigenvalue weighted by molar-refractivity contribution is 5.73. The highest BCUT2D eigenvalue weighted by Gasteiger charge is 2.10. The van der Waals surface area contributed by atoms with Crippen LogP contribution >= 0.6 is 0 Å². The molecule has 0 amide bonds. The third kappa shape index (κ3) is 5.69. The Hall–Kier alpha value is -3.12. The predicted octanol–water partition coefficient (Wildman–Crippen LogP) is 5.10. The number of anilines is 4. The van der Waals surface area contributed by atoms with Crippen LogP contribution in [0.2, 0.25) is 0 Å². The number of methoxy groups -OCH3 is 1. The maximum Gasteiger partial charge on any atom is 0.229 e. The fourth-order valence-electron chi connectivity index (χ4n) is 2.57. The molecule has 1 atom stereocenters. The first-order valence-corrected chi connectivity index (χ1v) is 9.30. The third-order valence-electron chi connectivity index (χ3n) is 4.13. The van der Waals surface area contributed by atoms with Crippen molar-refractivity contribution in [3.8, 4) is 0 Å². The minimum atomic E-state index is -0.288. The van der Waals surface area contributed by atoms with E-state index in [0.29, 0.717) is 5.95 Å². The van der Waals surface area contributed by atoms with Gasteiger partial charge in [0.15, 0.2) is 0 Å². The number of ether oxygens (including phenoxy) is 1. The molecule has 1 aromatic heterocycles. The number of benzene rings is 1. The lowest BCUT2D eigenvalue weighted by Gasteiger charge is -2.20. The maximum atomic E-state index is 5.32. The van der Waals surface area contributed by atoms with Crippen molar-refractivity contribution in [2.45, 2.75) is 26.5 Å². The van der Waals surface area contributed by atoms with Gasteiger partial charge in [-0.05, 0) is 43.7 Å². The Morgan fingerprint density at radius 1 is 1.29 bits per heavy atom. The van der Waals surface area contributed by atoms with Crippen LogP contribution in [0.5, 0.6) is 0 Å². The number of nitrogens with zero attached hydrogens (tertiary/aromatic N) is 3. The quantitative estimate of drug-likeness (QED) is 0.340. The lowest BCUT2D eigenvalue weighted by molar-refractivity contribution is 0.163. The fourth-order valence-corrected chi connectivity index (χ4v) is 2.57. The highest BCUT2D eigenvalue weighted by atomic mass is 16.5. The summed E-state index contributed by atoms with van der Waals surface area (Å²) in [5.41, 5.74) is 2.79. The topological polar surface area (TPSA) is 62.3 Å². The molecule has 0 spiro atoms. The summed E-state index contributed by atoms with van der Waals surface area (Å²) in [7, 11) is 3.62. The van der Waals surface area contributed by atoms with E-state index in [4.69, 9.17) is 4.74 Å². The number of hydrogen-bond donors (Lipinski definition) is 2. The van der Waals surface area contributed by atoms with Crippen molar-refractivity contribution >= 4 is 23.1 Å². The Bertz CT molecular complexity index is 831. The summed E-state index contributed by atoms with van der Waals surface area (Å²) in [5.74, 6) is 1.32. The summed E-state index contributed by atoms with van der Waals surface area (Å²) in [6.07, 6.45) is 10.4. The first-order valence-electron chi connectivity index (χ1n) is 9.30. The van der Waals surface area contributed by atoms with Gasteiger partial charge in [0.25, 0.3) is 0 Å². The van der Waals surface area contributed by atoms with Crippen molar-refractivity contribution < 1.29 is 4.74 Å². The number of allylic oxidation sites excluding steroid dienone is 3. The van der Waals surface area contributed by atoms with E-state index in [1.165, 1.54) is 0 Å². The predicted molar refractivity (Wildman–Crippen MR) is 118 cm³/mol. The summed E-state index contributed by atoms with van der Waals surface area (Å²) < 4.78 is 5.32. The van der Waals surface area contributed by atoms with E-state index in [1.54, 1.807) is 19.4 Å². The minimum absolute atomic E-state index is 0.288. The Morgan fingerprint density at radius 3 is 2.68 bits per heavy atom. The number of para-hydroxylation sites is 2. The fraction of sp³-hybridized carbons (Fsp3) is 0.273. The van der Waals surface area contributed by atoms with Crippen molar-refractivity contribution in [1.82, 2.24) is 9.97 Å². The average Bonchev–Trinajstić information content (AvgIpc) is 2.73. The van der Waals surface area contributed by atoms with Gasteiger partial charge < -0.3 is 20.3 Å². The molecule has 6 nitrogen and oxygen atoms in total. The molecule has 1 heterocycles. The van der Waals surface area contributed by atoms with Crippen molar-refractivity contribution in [2.24, 2.45) is 0 Å². The first-order chi connectivity index (χ1) is 13.6. The zero-order chi connectivity index (χ0) is 20.4. The van der Waals surface area contributed by atoms with Gasteiger partial charge in [-0.2, -0.15) is 4.98 Å². The van der Waals surface area contributed by atoms with Gasteiger partial charge in [-0.15, -0.1) is 0 Å². The molecule has 28 heavy (non-hydrogen) atoms. The summed E-state index contributed by atoms with van der Waals surface area (Å²) in [6.45, 7) is 7.90. The summed E-state index contributed by atoms with van der Waals surface area (Å²) in [4.78, 5) is 11.0. The molecule has 0 aliphatic rings. The molecular weight excluding hydrogens is 350 g/mol. The van der Waals surface area contributed by atoms with Gasteiger partial charge in [0.2, 0.25) is 5.95 Å². The van der Waals surface area contributed by atoms with Crippen molar-refractivity contribution in [3.05, 3.63) is 73.1 Å². The third-order valence-corrected chi connectivity index (χ3v) is 4.13. The molecule has 0 saturated heterocycles. The number of aromatic nitrogens is 2. The summed E-state index contributed by atoms with van der Waals surface area (Å²) >= 11 is 0. The Balaban J connectivity index is 2.24. The lowest BCUT2D eigenvalue weighted by atomic mass is 10.2. The Labute approximate surface area is 167 Å². The zero-order valence-corrected chi connectivity index (χ0v) is 17.0. The minimum Gasteiger partial charge on any atom is -0.358 e. The van der Waals surface area contributed by atoms with Gasteiger partial charge in [0.1, 0.15) is 12.0 Å². The second-order valence-electron chi connectivity index (χ2n) is 6.03. The normalized spacial score (nSPS) is 12.6. The molecule has 0 fully saturated rings. The van der Waals surface area contributed by atoms with Crippen LogP contribution in [0.4, 0.5) is 23.1 Å². The van der Waals surface area contributed by atoms with Crippen LogP contribution in [0.1, 0.15) is 20.3 Å². The monoisotopic (exact) mass is 379 g/mol. The van der Waals surface area contributed by atoms with Gasteiger partial charge in [-0.3, -0.25) is 0 Å². The van der Waals surface area contributed by atoms with Crippen LogP contribution in [0.25, 0.3) is 0 Å². The molecule has 0 aliphatic carbocycles. The molecule has 1 aromatic carbocycles. The van der Waals surface area contributed by atoms with E-state index in [1.807, 2.05) is 49.2 Å². The molecule has 2 aromatic rings. The molecular formula is C22H29N5O. The zero-order valence-electron chi connectivity index (χ0n) is 17.0. The van der Waals surface area contributed by atoms with Gasteiger partial charge in [0, 0.05) is 26.1 Å². The standard InChI is InChI=1S/C22H29N5O/c1-6-9-12-17(7-2)27(4)20-15-16-23-22(26-20)25-19-14-11-10-13-18(19)24-21(8-3)28-5/h7-16,21,24H,3,6H2,1-2,4-5H3,(H,23,25,26)/b12-9-,17-7+. The maximum absolute atomic E-state index is 5.32. The van der Waals surface area contributed by atoms with Crippen LogP contribution in [-0.2, 0) is 4.74 Å². The number of likely N-dealkylation sites (N-methyl/N-ethyl adjacent to an activating group) is 1. The van der Waals surface area contributed by atoms with Crippen LogP contribution in [0.3, 0.4) is 0 Å². The van der Waals surface area contributed by atoms with Crippen LogP contribution < -0.4 is 15.5 Å². The van der Waals surface area contributed by atoms with Crippen LogP contribution in [-0.4, -0.2) is 30.4 Å². The van der Waals surface area contributed by atoms with E-state index < -0.39 is 0 Å². The number of nitrogens with one attached hydrogen (secondary N) is 2. The van der Waals surface area contributed by atoms with E-state index in [0.717, 1.165) is 29.3 Å². The van der Waals surface area contributed by atoms with E-state index in [-0.39, 0.29) is 6.23 Å². The van der Waals surface area contributed by atoms with Crippen molar-refractivity contribution in [2.75, 3.05) is 29.7 Å². The van der Waals surface area contributed by atoms with E-state index in [9.17, 15) is 0 Å². The molecule has 6 heteroatoms. The van der Waals surface area contributed by atoms with Crippen molar-refractivity contribution in [3.63, 3.8) is 0 Å². The first kappa shape index (κ1) is 21.2. The van der Waals surface area contributed by atoms with Gasteiger partial charge >= 0.3 is 0 Å². The second-order valence-corrected chi connectivity index (χ2v) is 6.03. The smallest absolute Gasteiger partial charge is 0.229 e. The number of rotatable bonds is 10. The van der Waals surface area contributed by atoms with Gasteiger partial charge in [-0.25, -0.2) is 4.98 Å². The molecule has 1 unspecified atom stereocenters. The average molecular weight is 380 g/mol. The van der Waals surface area contributed by atoms with E-state index >= 15 is 0 Å². The molecule has 0 saturated carbocycles. The summed E-state index contributed by atoms with van der Waals surface area (Å²) in [6, 6.07) is 9.71. The molecule has 2 N–H and O–H groups in total. The Kier molecular flexibility index (Phi) is 8.24. The van der Waals surface area contributed by atoms with Crippen molar-refractivity contribution in [1.29, 1.82) is 0 Å². The van der Waals surface area contributed by atoms with Gasteiger partial charge in [0.05, 0.1) is 11.4 Å². The summed E-state index contributed by atoms with van der Waals surface area (Å²) in [5, 5.41) is 6.55. The van der Waals surface area contributed by atoms with E-state index in [2.05, 4.69) is 52.3 Å². The second kappa shape index (κ2) is 10.9. The SMILES string of the molecule is C=CC(Nc1ccccc1Nc1nccc(N(C)C(/C=C\CC)=C/C)n1)OC. The molecule has 0 aliphatic heterocycles. The largest absolute Gasteiger partial charge is 0.358 e. The lowest BCUT2D eigenvalue weighted by Crippen LogP contribution is -2.19. The van der Waals surface area contributed by atoms with Gasteiger partial charge in [-0.1, -0.05) is 37.8 Å². The molecule has 0 bridgehead atoms.